The third-order valence-electron chi connectivity index (χ3n) is 5.93. The number of hydrogen-bond donors (Lipinski definition) is 1. The lowest BCUT2D eigenvalue weighted by molar-refractivity contribution is -0.137. The molecule has 0 saturated heterocycles. The summed E-state index contributed by atoms with van der Waals surface area (Å²) in [4.78, 5) is 26.1. The van der Waals surface area contributed by atoms with Gasteiger partial charge in [-0.05, 0) is 54.3 Å². The predicted octanol–water partition coefficient (Wildman–Crippen LogP) is 8.23. The van der Waals surface area contributed by atoms with Gasteiger partial charge in [-0.2, -0.15) is 13.2 Å². The fourth-order valence-corrected chi connectivity index (χ4v) is 4.57. The fourth-order valence-electron chi connectivity index (χ4n) is 4.25. The van der Waals surface area contributed by atoms with Crippen LogP contribution in [0.1, 0.15) is 35.6 Å². The molecule has 1 N–H and O–H groups in total. The van der Waals surface area contributed by atoms with Gasteiger partial charge in [0.1, 0.15) is 5.58 Å². The van der Waals surface area contributed by atoms with E-state index in [9.17, 15) is 22.8 Å². The molecule has 0 saturated carbocycles. The van der Waals surface area contributed by atoms with E-state index in [4.69, 9.17) is 27.6 Å². The van der Waals surface area contributed by atoms with Crippen LogP contribution in [0.15, 0.2) is 63.8 Å². The first-order chi connectivity index (χ1) is 17.5. The van der Waals surface area contributed by atoms with Gasteiger partial charge in [-0.1, -0.05) is 60.8 Å². The number of carbonyl (C=O) groups is 1. The summed E-state index contributed by atoms with van der Waals surface area (Å²) in [6.45, 7) is 3.85. The first-order valence-corrected chi connectivity index (χ1v) is 12.2. The Morgan fingerprint density at radius 3 is 2.51 bits per heavy atom. The highest BCUT2D eigenvalue weighted by Crippen LogP contribution is 2.37. The van der Waals surface area contributed by atoms with E-state index in [1.807, 2.05) is 31.2 Å². The van der Waals surface area contributed by atoms with Gasteiger partial charge in [0.05, 0.1) is 23.2 Å². The Kier molecular flexibility index (Phi) is 7.67. The molecule has 0 fully saturated rings. The number of benzene rings is 3. The Balaban J connectivity index is 1.84. The van der Waals surface area contributed by atoms with Gasteiger partial charge in [0.15, 0.2) is 0 Å². The molecular formula is C28H22Cl2F3NO3. The monoisotopic (exact) mass is 547 g/mol. The summed E-state index contributed by atoms with van der Waals surface area (Å²) >= 11 is 12.0. The number of halogens is 5. The molecule has 4 rings (SSSR count). The first kappa shape index (κ1) is 26.8. The molecule has 0 aliphatic rings. The topological polar surface area (TPSA) is 59.3 Å². The molecule has 1 heterocycles. The maximum Gasteiger partial charge on any atom is 0.418 e. The van der Waals surface area contributed by atoms with Crippen molar-refractivity contribution in [3.63, 3.8) is 0 Å². The molecule has 9 heteroatoms. The van der Waals surface area contributed by atoms with Gasteiger partial charge in [0.25, 0.3) is 0 Å². The summed E-state index contributed by atoms with van der Waals surface area (Å²) in [6, 6.07) is 13.9. The van der Waals surface area contributed by atoms with E-state index in [1.54, 1.807) is 19.1 Å². The van der Waals surface area contributed by atoms with E-state index in [1.165, 1.54) is 6.07 Å². The molecule has 1 amide bonds. The van der Waals surface area contributed by atoms with Gasteiger partial charge in [-0.3, -0.25) is 4.79 Å². The van der Waals surface area contributed by atoms with E-state index >= 15 is 0 Å². The largest absolute Gasteiger partial charge is 0.422 e. The molecule has 0 bridgehead atoms. The minimum Gasteiger partial charge on any atom is -0.422 e. The minimum absolute atomic E-state index is 0.0305. The molecule has 0 aliphatic heterocycles. The molecule has 0 unspecified atom stereocenters. The molecule has 1 aromatic heterocycles. The smallest absolute Gasteiger partial charge is 0.418 e. The lowest BCUT2D eigenvalue weighted by Gasteiger charge is -2.16. The van der Waals surface area contributed by atoms with Crippen molar-refractivity contribution in [2.24, 2.45) is 0 Å². The number of hydrogen-bond acceptors (Lipinski definition) is 3. The lowest BCUT2D eigenvalue weighted by Crippen LogP contribution is -2.22. The van der Waals surface area contributed by atoms with E-state index in [0.29, 0.717) is 21.5 Å². The zero-order chi connectivity index (χ0) is 26.9. The molecular weight excluding hydrogens is 526 g/mol. The van der Waals surface area contributed by atoms with Crippen LogP contribution in [0.5, 0.6) is 0 Å². The lowest BCUT2D eigenvalue weighted by atomic mass is 9.93. The average Bonchev–Trinajstić information content (AvgIpc) is 2.82. The van der Waals surface area contributed by atoms with Crippen LogP contribution in [0.2, 0.25) is 10.0 Å². The van der Waals surface area contributed by atoms with Crippen molar-refractivity contribution in [1.82, 2.24) is 0 Å². The van der Waals surface area contributed by atoms with Crippen LogP contribution >= 0.6 is 23.2 Å². The van der Waals surface area contributed by atoms with Crippen molar-refractivity contribution >= 4 is 45.8 Å². The van der Waals surface area contributed by atoms with Crippen molar-refractivity contribution < 1.29 is 22.4 Å². The molecule has 0 atom stereocenters. The number of aryl methyl sites for hydroxylation is 2. The zero-order valence-corrected chi connectivity index (χ0v) is 21.4. The number of carbonyl (C=O) groups excluding carboxylic acids is 1. The molecule has 37 heavy (non-hydrogen) atoms. The Labute approximate surface area is 221 Å². The summed E-state index contributed by atoms with van der Waals surface area (Å²) in [7, 11) is 0. The Morgan fingerprint density at radius 2 is 1.81 bits per heavy atom. The number of fused-ring (bicyclic) bond motifs is 1. The Bertz CT molecular complexity index is 1560. The fraction of sp³-hybridized carbons (Fsp3) is 0.214. The van der Waals surface area contributed by atoms with Crippen LogP contribution in [0.25, 0.3) is 22.1 Å². The average molecular weight is 548 g/mol. The van der Waals surface area contributed by atoms with E-state index in [0.717, 1.165) is 36.1 Å². The summed E-state index contributed by atoms with van der Waals surface area (Å²) in [5.41, 5.74) is 0.907. The molecule has 4 aromatic rings. The van der Waals surface area contributed by atoms with Crippen LogP contribution in [-0.4, -0.2) is 5.91 Å². The van der Waals surface area contributed by atoms with Crippen molar-refractivity contribution in [1.29, 1.82) is 0 Å². The van der Waals surface area contributed by atoms with Gasteiger partial charge in [0.2, 0.25) is 5.91 Å². The normalized spacial score (nSPS) is 11.6. The zero-order valence-electron chi connectivity index (χ0n) is 19.9. The quantitative estimate of drug-likeness (QED) is 0.247. The Hall–Kier alpha value is -3.29. The number of amides is 1. The van der Waals surface area contributed by atoms with Crippen molar-refractivity contribution in [3.05, 3.63) is 97.3 Å². The highest BCUT2D eigenvalue weighted by molar-refractivity contribution is 6.32. The SMILES string of the molecule is CCCc1cccc(-c2c(CC(=O)Nc3ccc(Cl)cc3C(F)(F)F)c(=O)oc3cc(Cl)c(C)cc23)c1. The second kappa shape index (κ2) is 10.6. The molecule has 0 aliphatic carbocycles. The Morgan fingerprint density at radius 1 is 1.05 bits per heavy atom. The van der Waals surface area contributed by atoms with Crippen LogP contribution in [-0.2, 0) is 23.8 Å². The van der Waals surface area contributed by atoms with Crippen LogP contribution in [0.3, 0.4) is 0 Å². The summed E-state index contributed by atoms with van der Waals surface area (Å²) in [6.07, 6.45) is -3.53. The van der Waals surface area contributed by atoms with Gasteiger partial charge in [-0.15, -0.1) is 0 Å². The maximum atomic E-state index is 13.5. The van der Waals surface area contributed by atoms with Crippen molar-refractivity contribution in [2.75, 3.05) is 5.32 Å². The standard InChI is InChI=1S/C28H22Cl2F3NO3/c1-3-5-16-6-4-7-17(11-16)26-19-10-15(2)22(30)14-24(19)37-27(36)20(26)13-25(35)34-23-9-8-18(29)12-21(23)28(31,32)33/h4,6-12,14H,3,5,13H2,1-2H3,(H,34,35). The van der Waals surface area contributed by atoms with E-state index in [2.05, 4.69) is 5.32 Å². The summed E-state index contributed by atoms with van der Waals surface area (Å²) < 4.78 is 46.0. The second-order valence-electron chi connectivity index (χ2n) is 8.70. The third kappa shape index (κ3) is 5.84. The maximum absolute atomic E-state index is 13.5. The molecule has 3 aromatic carbocycles. The van der Waals surface area contributed by atoms with Gasteiger partial charge in [0, 0.05) is 27.1 Å². The molecule has 192 valence electrons. The molecule has 0 spiro atoms. The van der Waals surface area contributed by atoms with Crippen molar-refractivity contribution in [2.45, 2.75) is 39.3 Å². The number of anilines is 1. The minimum atomic E-state index is -4.74. The van der Waals surface area contributed by atoms with Crippen LogP contribution < -0.4 is 10.9 Å². The number of alkyl halides is 3. The predicted molar refractivity (Wildman–Crippen MR) is 140 cm³/mol. The summed E-state index contributed by atoms with van der Waals surface area (Å²) in [5, 5.41) is 3.14. The van der Waals surface area contributed by atoms with Crippen molar-refractivity contribution in [3.8, 4) is 11.1 Å². The first-order valence-electron chi connectivity index (χ1n) is 11.5. The van der Waals surface area contributed by atoms with Gasteiger partial charge >= 0.3 is 11.8 Å². The third-order valence-corrected chi connectivity index (χ3v) is 6.58. The van der Waals surface area contributed by atoms with Gasteiger partial charge < -0.3 is 9.73 Å². The highest BCUT2D eigenvalue weighted by atomic mass is 35.5. The van der Waals surface area contributed by atoms with Crippen LogP contribution in [0, 0.1) is 6.92 Å². The highest BCUT2D eigenvalue weighted by Gasteiger charge is 2.34. The summed E-state index contributed by atoms with van der Waals surface area (Å²) in [5.74, 6) is -0.809. The molecule has 4 nitrogen and oxygen atoms in total. The number of nitrogens with one attached hydrogen (secondary N) is 1. The second-order valence-corrected chi connectivity index (χ2v) is 9.55. The van der Waals surface area contributed by atoms with E-state index in [-0.39, 0.29) is 16.2 Å². The van der Waals surface area contributed by atoms with E-state index < -0.39 is 35.4 Å². The van der Waals surface area contributed by atoms with Crippen LogP contribution in [0.4, 0.5) is 18.9 Å². The van der Waals surface area contributed by atoms with Gasteiger partial charge in [-0.25, -0.2) is 4.79 Å². The number of rotatable bonds is 6. The molecule has 0 radical (unpaired) electrons.